The number of rotatable bonds is 4. The molecule has 2 heterocycles. The molecule has 1 amide bonds. The number of amides is 1. The van der Waals surface area contributed by atoms with Gasteiger partial charge in [0.1, 0.15) is 0 Å². The minimum Gasteiger partial charge on any atom is -0.481 e. The van der Waals surface area contributed by atoms with E-state index in [1.165, 1.54) is 11.8 Å². The first-order chi connectivity index (χ1) is 10.9. The van der Waals surface area contributed by atoms with Gasteiger partial charge in [0.05, 0.1) is 11.2 Å². The second-order valence-corrected chi connectivity index (χ2v) is 7.49. The van der Waals surface area contributed by atoms with Gasteiger partial charge in [0.25, 0.3) is 0 Å². The summed E-state index contributed by atoms with van der Waals surface area (Å²) in [6.07, 6.45) is 2.54. The van der Waals surface area contributed by atoms with E-state index >= 15 is 0 Å². The Morgan fingerprint density at radius 1 is 1.39 bits per heavy atom. The largest absolute Gasteiger partial charge is 0.481 e. The van der Waals surface area contributed by atoms with Crippen molar-refractivity contribution in [3.8, 4) is 0 Å². The van der Waals surface area contributed by atoms with Gasteiger partial charge in [-0.1, -0.05) is 18.2 Å². The van der Waals surface area contributed by atoms with Crippen LogP contribution in [0.25, 0.3) is 0 Å². The highest BCUT2D eigenvalue weighted by Crippen LogP contribution is 2.48. The molecule has 2 atom stereocenters. The van der Waals surface area contributed by atoms with Crippen LogP contribution in [0.2, 0.25) is 0 Å². The van der Waals surface area contributed by atoms with E-state index < -0.39 is 11.4 Å². The lowest BCUT2D eigenvalue weighted by Gasteiger charge is -2.23. The van der Waals surface area contributed by atoms with Crippen molar-refractivity contribution in [1.29, 1.82) is 0 Å². The molecule has 6 nitrogen and oxygen atoms in total. The summed E-state index contributed by atoms with van der Waals surface area (Å²) in [6, 6.07) is 1.89. The molecule has 1 N–H and O–H groups in total. The summed E-state index contributed by atoms with van der Waals surface area (Å²) in [5.41, 5.74) is 1.05. The quantitative estimate of drug-likeness (QED) is 0.668. The lowest BCUT2D eigenvalue weighted by atomic mass is 9.81. The van der Waals surface area contributed by atoms with Crippen LogP contribution < -0.4 is 0 Å². The summed E-state index contributed by atoms with van der Waals surface area (Å²) in [4.78, 5) is 34.5. The first-order valence-corrected chi connectivity index (χ1v) is 8.85. The molecule has 0 bridgehead atoms. The third-order valence-corrected chi connectivity index (χ3v) is 5.77. The summed E-state index contributed by atoms with van der Waals surface area (Å²) in [5.74, 6) is -0.412. The van der Waals surface area contributed by atoms with Crippen LogP contribution >= 0.6 is 11.8 Å². The van der Waals surface area contributed by atoms with Gasteiger partial charge >= 0.3 is 5.97 Å². The van der Waals surface area contributed by atoms with E-state index in [1.54, 1.807) is 4.90 Å². The normalized spacial score (nSPS) is 26.3. The fraction of sp³-hybridized carbons (Fsp3) is 0.625. The van der Waals surface area contributed by atoms with Gasteiger partial charge in [-0.2, -0.15) is 0 Å². The molecule has 1 aliphatic carbocycles. The van der Waals surface area contributed by atoms with Crippen LogP contribution in [0.5, 0.6) is 0 Å². The highest BCUT2D eigenvalue weighted by molar-refractivity contribution is 7.99. The maximum absolute atomic E-state index is 12.4. The molecule has 7 heteroatoms. The molecule has 2 aliphatic rings. The van der Waals surface area contributed by atoms with E-state index in [9.17, 15) is 14.7 Å². The first-order valence-electron chi connectivity index (χ1n) is 7.87. The Kier molecular flexibility index (Phi) is 4.31. The standard InChI is InChI=1S/C16H21N3O3S/c1-10-6-11(2)18-15(17-10)23-8-13(20)19-7-12-4-3-5-16(12,9-19)14(21)22/h6,12H,3-5,7-9H2,1-2H3,(H,21,22)/t12-,16+/m0/s1. The molecule has 0 radical (unpaired) electrons. The number of thioether (sulfide) groups is 1. The summed E-state index contributed by atoms with van der Waals surface area (Å²) in [7, 11) is 0. The smallest absolute Gasteiger partial charge is 0.311 e. The van der Waals surface area contributed by atoms with Gasteiger partial charge in [0.15, 0.2) is 5.16 Å². The van der Waals surface area contributed by atoms with Crippen LogP contribution in [-0.2, 0) is 9.59 Å². The number of carbonyl (C=O) groups is 2. The van der Waals surface area contributed by atoms with Gasteiger partial charge in [-0.05, 0) is 38.7 Å². The maximum atomic E-state index is 12.4. The number of aliphatic carboxylic acids is 1. The Bertz CT molecular complexity index is 631. The summed E-state index contributed by atoms with van der Waals surface area (Å²) < 4.78 is 0. The highest BCUT2D eigenvalue weighted by atomic mass is 32.2. The van der Waals surface area contributed by atoms with E-state index in [-0.39, 0.29) is 17.6 Å². The number of likely N-dealkylation sites (tertiary alicyclic amines) is 1. The second-order valence-electron chi connectivity index (χ2n) is 6.55. The van der Waals surface area contributed by atoms with Gasteiger partial charge in [0.2, 0.25) is 5.91 Å². The van der Waals surface area contributed by atoms with Crippen LogP contribution in [0.3, 0.4) is 0 Å². The zero-order valence-corrected chi connectivity index (χ0v) is 14.2. The SMILES string of the molecule is Cc1cc(C)nc(SCC(=O)N2C[C@@H]3CCC[C@@]3(C(=O)O)C2)n1. The van der Waals surface area contributed by atoms with Crippen molar-refractivity contribution >= 4 is 23.6 Å². The number of hydrogen-bond acceptors (Lipinski definition) is 5. The average Bonchev–Trinajstić information content (AvgIpc) is 3.01. The number of carbonyl (C=O) groups excluding carboxylic acids is 1. The molecule has 0 unspecified atom stereocenters. The topological polar surface area (TPSA) is 83.4 Å². The van der Waals surface area contributed by atoms with E-state index in [1.807, 2.05) is 19.9 Å². The van der Waals surface area contributed by atoms with Crippen LogP contribution in [0.1, 0.15) is 30.7 Å². The number of nitrogens with zero attached hydrogens (tertiary/aromatic N) is 3. The van der Waals surface area contributed by atoms with E-state index in [2.05, 4.69) is 9.97 Å². The molecule has 3 rings (SSSR count). The number of hydrogen-bond donors (Lipinski definition) is 1. The van der Waals surface area contributed by atoms with Crippen molar-refractivity contribution in [3.63, 3.8) is 0 Å². The molecular weight excluding hydrogens is 314 g/mol. The van der Waals surface area contributed by atoms with Crippen LogP contribution in [-0.4, -0.2) is 50.7 Å². The predicted octanol–water partition coefficient (Wildman–Crippen LogP) is 1.90. The van der Waals surface area contributed by atoms with Crippen LogP contribution in [0, 0.1) is 25.2 Å². The third kappa shape index (κ3) is 3.06. The maximum Gasteiger partial charge on any atom is 0.311 e. The predicted molar refractivity (Wildman–Crippen MR) is 86.2 cm³/mol. The minimum atomic E-state index is -0.749. The van der Waals surface area contributed by atoms with Crippen LogP contribution in [0.15, 0.2) is 11.2 Å². The number of aryl methyl sites for hydroxylation is 2. The lowest BCUT2D eigenvalue weighted by Crippen LogP contribution is -2.37. The molecule has 124 valence electrons. The van der Waals surface area contributed by atoms with Gasteiger partial charge in [-0.15, -0.1) is 0 Å². The van der Waals surface area contributed by atoms with E-state index in [4.69, 9.17) is 0 Å². The Hall–Kier alpha value is -1.63. The molecule has 1 saturated carbocycles. The first kappa shape index (κ1) is 16.2. The molecule has 1 aliphatic heterocycles. The Morgan fingerprint density at radius 3 is 2.70 bits per heavy atom. The molecule has 2 fully saturated rings. The van der Waals surface area contributed by atoms with Gasteiger partial charge < -0.3 is 10.0 Å². The second kappa shape index (κ2) is 6.11. The Balaban J connectivity index is 1.62. The summed E-state index contributed by atoms with van der Waals surface area (Å²) in [6.45, 7) is 4.72. The summed E-state index contributed by atoms with van der Waals surface area (Å²) in [5, 5.41) is 10.2. The molecule has 1 aromatic heterocycles. The van der Waals surface area contributed by atoms with Crippen molar-refractivity contribution in [1.82, 2.24) is 14.9 Å². The van der Waals surface area contributed by atoms with Crippen molar-refractivity contribution in [3.05, 3.63) is 17.5 Å². The Morgan fingerprint density at radius 2 is 2.09 bits per heavy atom. The van der Waals surface area contributed by atoms with Gasteiger partial charge in [-0.25, -0.2) is 9.97 Å². The zero-order chi connectivity index (χ0) is 16.6. The fourth-order valence-corrected chi connectivity index (χ4v) is 4.66. The van der Waals surface area contributed by atoms with Gasteiger partial charge in [-0.3, -0.25) is 9.59 Å². The lowest BCUT2D eigenvalue weighted by molar-refractivity contribution is -0.149. The van der Waals surface area contributed by atoms with Crippen LogP contribution in [0.4, 0.5) is 0 Å². The molecule has 23 heavy (non-hydrogen) atoms. The molecule has 0 spiro atoms. The molecule has 0 aromatic carbocycles. The zero-order valence-electron chi connectivity index (χ0n) is 13.4. The van der Waals surface area contributed by atoms with Gasteiger partial charge in [0, 0.05) is 24.5 Å². The number of aromatic nitrogens is 2. The third-order valence-electron chi connectivity index (χ3n) is 4.94. The van der Waals surface area contributed by atoms with Crippen molar-refractivity contribution in [2.45, 2.75) is 38.3 Å². The van der Waals surface area contributed by atoms with E-state index in [0.29, 0.717) is 24.7 Å². The molecule has 1 aromatic rings. The number of carboxylic acids is 1. The monoisotopic (exact) mass is 335 g/mol. The Labute approximate surface area is 139 Å². The molecule has 1 saturated heterocycles. The number of fused-ring (bicyclic) bond motifs is 1. The fourth-order valence-electron chi connectivity index (χ4n) is 3.80. The van der Waals surface area contributed by atoms with Crippen molar-refractivity contribution in [2.24, 2.45) is 11.3 Å². The highest BCUT2D eigenvalue weighted by Gasteiger charge is 2.55. The average molecular weight is 335 g/mol. The summed E-state index contributed by atoms with van der Waals surface area (Å²) >= 11 is 1.32. The van der Waals surface area contributed by atoms with E-state index in [0.717, 1.165) is 24.2 Å². The van der Waals surface area contributed by atoms with Crippen molar-refractivity contribution < 1.29 is 14.7 Å². The number of carboxylic acid groups (broad SMARTS) is 1. The molecular formula is C16H21N3O3S. The minimum absolute atomic E-state index is 0.0206. The van der Waals surface area contributed by atoms with Crippen molar-refractivity contribution in [2.75, 3.05) is 18.8 Å².